The highest BCUT2D eigenvalue weighted by atomic mass is 79.9. The van der Waals surface area contributed by atoms with E-state index in [0.29, 0.717) is 6.54 Å². The minimum atomic E-state index is -0.493. The van der Waals surface area contributed by atoms with Crippen LogP contribution < -0.4 is 0 Å². The molecule has 0 radical (unpaired) electrons. The van der Waals surface area contributed by atoms with Crippen molar-refractivity contribution in [1.82, 2.24) is 14.9 Å². The number of rotatable bonds is 2. The molecule has 2 aromatic rings. The third kappa shape index (κ3) is 4.06. The quantitative estimate of drug-likeness (QED) is 0.744. The number of carbonyl (C=O) groups excluding carboxylic acids is 1. The predicted molar refractivity (Wildman–Crippen MR) is 101 cm³/mol. The van der Waals surface area contributed by atoms with Gasteiger partial charge in [0.15, 0.2) is 0 Å². The van der Waals surface area contributed by atoms with Crippen LogP contribution in [0.5, 0.6) is 0 Å². The first-order chi connectivity index (χ1) is 11.7. The molecule has 1 fully saturated rings. The Morgan fingerprint density at radius 2 is 2.16 bits per heavy atom. The number of halogens is 1. The number of ether oxygens (including phenoxy) is 1. The van der Waals surface area contributed by atoms with Crippen molar-refractivity contribution in [2.75, 3.05) is 6.54 Å². The smallest absolute Gasteiger partial charge is 0.410 e. The van der Waals surface area contributed by atoms with Gasteiger partial charge in [0.1, 0.15) is 11.4 Å². The summed E-state index contributed by atoms with van der Waals surface area (Å²) in [7, 11) is 0. The Kier molecular flexibility index (Phi) is 4.91. The number of carbonyl (C=O) groups is 1. The molecule has 1 unspecified atom stereocenters. The van der Waals surface area contributed by atoms with E-state index in [4.69, 9.17) is 9.72 Å². The van der Waals surface area contributed by atoms with Crippen LogP contribution >= 0.6 is 15.9 Å². The van der Waals surface area contributed by atoms with Gasteiger partial charge in [0.25, 0.3) is 0 Å². The first kappa shape index (κ1) is 18.0. The molecule has 134 valence electrons. The van der Waals surface area contributed by atoms with E-state index in [1.54, 1.807) is 4.90 Å². The van der Waals surface area contributed by atoms with Crippen molar-refractivity contribution >= 4 is 22.0 Å². The molecule has 1 aromatic carbocycles. The van der Waals surface area contributed by atoms with Gasteiger partial charge in [-0.3, -0.25) is 4.90 Å². The van der Waals surface area contributed by atoms with Gasteiger partial charge in [-0.1, -0.05) is 22.0 Å². The molecular formula is C19H24BrN3O2. The maximum Gasteiger partial charge on any atom is 0.410 e. The van der Waals surface area contributed by atoms with Crippen LogP contribution in [-0.2, 0) is 4.74 Å². The van der Waals surface area contributed by atoms with Gasteiger partial charge in [0, 0.05) is 22.8 Å². The fourth-order valence-corrected chi connectivity index (χ4v) is 3.63. The van der Waals surface area contributed by atoms with E-state index >= 15 is 0 Å². The Morgan fingerprint density at radius 3 is 2.84 bits per heavy atom. The molecule has 1 aromatic heterocycles. The second kappa shape index (κ2) is 6.83. The normalized spacial score (nSPS) is 17.8. The number of benzene rings is 1. The highest BCUT2D eigenvalue weighted by Gasteiger charge is 2.34. The van der Waals surface area contributed by atoms with Crippen LogP contribution in [0, 0.1) is 6.92 Å². The summed E-state index contributed by atoms with van der Waals surface area (Å²) in [6.07, 6.45) is 3.49. The first-order valence-electron chi connectivity index (χ1n) is 8.56. The van der Waals surface area contributed by atoms with Gasteiger partial charge >= 0.3 is 6.09 Å². The van der Waals surface area contributed by atoms with Crippen molar-refractivity contribution in [3.8, 4) is 11.3 Å². The first-order valence-corrected chi connectivity index (χ1v) is 9.35. The molecular weight excluding hydrogens is 382 g/mol. The second-order valence-electron chi connectivity index (χ2n) is 7.46. The van der Waals surface area contributed by atoms with Crippen LogP contribution in [-0.4, -0.2) is 33.1 Å². The van der Waals surface area contributed by atoms with Gasteiger partial charge in [-0.15, -0.1) is 0 Å². The number of H-pyrrole nitrogens is 1. The lowest BCUT2D eigenvalue weighted by molar-refractivity contribution is 0.0219. The van der Waals surface area contributed by atoms with Crippen molar-refractivity contribution in [2.45, 2.75) is 52.2 Å². The Balaban J connectivity index is 1.82. The monoisotopic (exact) mass is 405 g/mol. The minimum absolute atomic E-state index is 0.0562. The van der Waals surface area contributed by atoms with E-state index in [9.17, 15) is 4.79 Å². The summed E-state index contributed by atoms with van der Waals surface area (Å²) in [5, 5.41) is 0. The maximum atomic E-state index is 12.5. The second-order valence-corrected chi connectivity index (χ2v) is 8.38. The zero-order chi connectivity index (χ0) is 18.2. The highest BCUT2D eigenvalue weighted by Crippen LogP contribution is 2.33. The third-order valence-electron chi connectivity index (χ3n) is 4.26. The molecule has 1 saturated heterocycles. The number of aromatic nitrogens is 2. The fraction of sp³-hybridized carbons (Fsp3) is 0.474. The molecule has 0 spiro atoms. The van der Waals surface area contributed by atoms with Gasteiger partial charge in [-0.05, 0) is 58.2 Å². The number of hydrogen-bond acceptors (Lipinski definition) is 3. The summed E-state index contributed by atoms with van der Waals surface area (Å²) in [6.45, 7) is 8.43. The SMILES string of the molecule is Cc1cc(Br)ccc1-c1c[nH]c(C2CCCN2C(=O)OC(C)(C)C)n1. The Bertz CT molecular complexity index is 779. The Morgan fingerprint density at radius 1 is 1.40 bits per heavy atom. The van der Waals surface area contributed by atoms with Crippen LogP contribution in [0.3, 0.4) is 0 Å². The van der Waals surface area contributed by atoms with Crippen LogP contribution in [0.2, 0.25) is 0 Å². The van der Waals surface area contributed by atoms with Gasteiger partial charge in [-0.25, -0.2) is 9.78 Å². The third-order valence-corrected chi connectivity index (χ3v) is 4.75. The van der Waals surface area contributed by atoms with Crippen LogP contribution in [0.4, 0.5) is 4.79 Å². The number of hydrogen-bond donors (Lipinski definition) is 1. The Labute approximate surface area is 156 Å². The molecule has 0 saturated carbocycles. The van der Waals surface area contributed by atoms with Crippen molar-refractivity contribution in [3.05, 3.63) is 40.3 Å². The molecule has 2 heterocycles. The number of imidazole rings is 1. The van der Waals surface area contributed by atoms with E-state index in [0.717, 1.165) is 40.0 Å². The summed E-state index contributed by atoms with van der Waals surface area (Å²) in [4.78, 5) is 22.3. The van der Waals surface area contributed by atoms with E-state index < -0.39 is 5.60 Å². The maximum absolute atomic E-state index is 12.5. The van der Waals surface area contributed by atoms with Crippen LogP contribution in [0.25, 0.3) is 11.3 Å². The zero-order valence-electron chi connectivity index (χ0n) is 15.1. The minimum Gasteiger partial charge on any atom is -0.444 e. The van der Waals surface area contributed by atoms with E-state index in [1.165, 1.54) is 0 Å². The lowest BCUT2D eigenvalue weighted by atomic mass is 10.1. The number of aryl methyl sites for hydroxylation is 1. The summed E-state index contributed by atoms with van der Waals surface area (Å²) in [5.74, 6) is 0.820. The summed E-state index contributed by atoms with van der Waals surface area (Å²) >= 11 is 3.49. The molecule has 25 heavy (non-hydrogen) atoms. The summed E-state index contributed by atoms with van der Waals surface area (Å²) in [6, 6.07) is 6.09. The van der Waals surface area contributed by atoms with Crippen molar-refractivity contribution in [3.63, 3.8) is 0 Å². The largest absolute Gasteiger partial charge is 0.444 e. The van der Waals surface area contributed by atoms with Crippen LogP contribution in [0.15, 0.2) is 28.9 Å². The molecule has 3 rings (SSSR count). The number of amides is 1. The molecule has 1 amide bonds. The van der Waals surface area contributed by atoms with Gasteiger partial charge in [-0.2, -0.15) is 0 Å². The summed E-state index contributed by atoms with van der Waals surface area (Å²) in [5.41, 5.74) is 2.65. The average Bonchev–Trinajstić information content (AvgIpc) is 3.14. The van der Waals surface area contributed by atoms with Crippen molar-refractivity contribution < 1.29 is 9.53 Å². The number of aromatic amines is 1. The molecule has 6 heteroatoms. The lowest BCUT2D eigenvalue weighted by Gasteiger charge is -2.27. The number of nitrogens with zero attached hydrogens (tertiary/aromatic N) is 2. The predicted octanol–water partition coefficient (Wildman–Crippen LogP) is 5.22. The molecule has 1 atom stereocenters. The average molecular weight is 406 g/mol. The van der Waals surface area contributed by atoms with E-state index in [2.05, 4.69) is 40.0 Å². The van der Waals surface area contributed by atoms with Gasteiger partial charge < -0.3 is 9.72 Å². The standard InChI is InChI=1S/C19H24BrN3O2/c1-12-10-13(20)7-8-14(12)15-11-21-17(22-15)16-6-5-9-23(16)18(24)25-19(2,3)4/h7-8,10-11,16H,5-6,9H2,1-4H3,(H,21,22). The molecule has 1 N–H and O–H groups in total. The van der Waals surface area contributed by atoms with Crippen molar-refractivity contribution in [1.29, 1.82) is 0 Å². The van der Waals surface area contributed by atoms with Gasteiger partial charge in [0.2, 0.25) is 0 Å². The molecule has 0 aliphatic carbocycles. The van der Waals surface area contributed by atoms with Crippen molar-refractivity contribution in [2.24, 2.45) is 0 Å². The zero-order valence-corrected chi connectivity index (χ0v) is 16.7. The summed E-state index contributed by atoms with van der Waals surface area (Å²) < 4.78 is 6.59. The number of likely N-dealkylation sites (tertiary alicyclic amines) is 1. The number of nitrogens with one attached hydrogen (secondary N) is 1. The highest BCUT2D eigenvalue weighted by molar-refractivity contribution is 9.10. The fourth-order valence-electron chi connectivity index (χ4n) is 3.15. The van der Waals surface area contributed by atoms with E-state index in [1.807, 2.05) is 33.0 Å². The molecule has 0 bridgehead atoms. The van der Waals surface area contributed by atoms with Crippen LogP contribution in [0.1, 0.15) is 51.0 Å². The van der Waals surface area contributed by atoms with Gasteiger partial charge in [0.05, 0.1) is 11.7 Å². The molecule has 5 nitrogen and oxygen atoms in total. The lowest BCUT2D eigenvalue weighted by Crippen LogP contribution is -2.36. The molecule has 1 aliphatic rings. The molecule has 1 aliphatic heterocycles. The Hall–Kier alpha value is -1.82. The van der Waals surface area contributed by atoms with E-state index in [-0.39, 0.29) is 12.1 Å². The topological polar surface area (TPSA) is 58.2 Å².